The van der Waals surface area contributed by atoms with Gasteiger partial charge in [-0.05, 0) is 37.3 Å². The Morgan fingerprint density at radius 1 is 0.868 bits per heavy atom. The molecule has 1 aliphatic rings. The Morgan fingerprint density at radius 2 is 1.66 bits per heavy atom. The lowest BCUT2D eigenvalue weighted by atomic mass is 9.85. The molecule has 0 amide bonds. The average molecular weight is 514 g/mol. The number of hydrogen-bond donors (Lipinski definition) is 4. The van der Waals surface area contributed by atoms with Crippen LogP contribution < -0.4 is 15.6 Å². The molecule has 1 atom stereocenters. The molecule has 3 aromatic carbocycles. The first-order valence-electron chi connectivity index (χ1n) is 11.4. The Hall–Kier alpha value is -5.25. The number of aromatic hydroxyl groups is 4. The summed E-state index contributed by atoms with van der Waals surface area (Å²) in [5.74, 6) is -4.61. The summed E-state index contributed by atoms with van der Waals surface area (Å²) in [5, 5.41) is 40.8. The number of benzene rings is 3. The molecule has 190 valence electrons. The molecule has 0 fully saturated rings. The number of esters is 1. The van der Waals surface area contributed by atoms with Gasteiger partial charge in [0.15, 0.2) is 22.7 Å². The van der Waals surface area contributed by atoms with Crippen LogP contribution in [0.3, 0.4) is 0 Å². The Bertz CT molecular complexity index is 1950. The zero-order chi connectivity index (χ0) is 26.9. The summed E-state index contributed by atoms with van der Waals surface area (Å²) in [6.07, 6.45) is 0.943. The summed E-state index contributed by atoms with van der Waals surface area (Å²) < 4.78 is 17.0. The van der Waals surface area contributed by atoms with Crippen LogP contribution in [-0.2, 0) is 4.79 Å². The number of carbonyl (C=O) groups excluding carboxylic acids is 1. The standard InChI is InChI=1S/C28H18O10/c1-11-2-5-19-14(6-11)24(33)15(10-36-19)13-8-21(32)37-20-9-18(31)23-25(34)26(35)27(38-28(23)22(13)20)12-3-4-16(29)17(30)7-12/h2-7,9-10,13,29-31,35H,8H2,1H3/t13-/m1/s1. The van der Waals surface area contributed by atoms with Crippen molar-refractivity contribution in [3.8, 4) is 40.1 Å². The molecule has 0 bridgehead atoms. The topological polar surface area (TPSA) is 168 Å². The van der Waals surface area contributed by atoms with E-state index in [1.54, 1.807) is 18.2 Å². The predicted molar refractivity (Wildman–Crippen MR) is 134 cm³/mol. The maximum Gasteiger partial charge on any atom is 0.312 e. The summed E-state index contributed by atoms with van der Waals surface area (Å²) in [7, 11) is 0. The quantitative estimate of drug-likeness (QED) is 0.153. The van der Waals surface area contributed by atoms with Crippen molar-refractivity contribution in [1.29, 1.82) is 0 Å². The summed E-state index contributed by atoms with van der Waals surface area (Å²) in [6, 6.07) is 9.68. The first kappa shape index (κ1) is 23.2. The third-order valence-electron chi connectivity index (χ3n) is 6.63. The minimum atomic E-state index is -0.995. The number of aryl methyl sites for hydroxylation is 1. The van der Waals surface area contributed by atoms with E-state index in [9.17, 15) is 34.8 Å². The molecule has 6 rings (SSSR count). The second-order valence-electron chi connectivity index (χ2n) is 9.07. The van der Waals surface area contributed by atoms with Gasteiger partial charge in [0.25, 0.3) is 0 Å². The highest BCUT2D eigenvalue weighted by Crippen LogP contribution is 2.47. The van der Waals surface area contributed by atoms with Crippen LogP contribution in [0, 0.1) is 6.92 Å². The van der Waals surface area contributed by atoms with E-state index in [1.807, 2.05) is 6.92 Å². The van der Waals surface area contributed by atoms with E-state index in [-0.39, 0.29) is 40.2 Å². The highest BCUT2D eigenvalue weighted by molar-refractivity contribution is 5.94. The molecule has 3 heterocycles. The fourth-order valence-corrected chi connectivity index (χ4v) is 4.81. The highest BCUT2D eigenvalue weighted by Gasteiger charge is 2.36. The van der Waals surface area contributed by atoms with Crippen LogP contribution in [0.2, 0.25) is 0 Å². The van der Waals surface area contributed by atoms with Crippen molar-refractivity contribution in [2.75, 3.05) is 0 Å². The van der Waals surface area contributed by atoms with E-state index in [0.717, 1.165) is 23.8 Å². The Kier molecular flexibility index (Phi) is 4.96. The maximum absolute atomic E-state index is 13.5. The van der Waals surface area contributed by atoms with Crippen molar-refractivity contribution in [2.24, 2.45) is 0 Å². The normalized spacial score (nSPS) is 15.0. The van der Waals surface area contributed by atoms with E-state index >= 15 is 0 Å². The largest absolute Gasteiger partial charge is 0.507 e. The monoisotopic (exact) mass is 514 g/mol. The van der Waals surface area contributed by atoms with Crippen molar-refractivity contribution in [3.63, 3.8) is 0 Å². The van der Waals surface area contributed by atoms with Gasteiger partial charge >= 0.3 is 5.97 Å². The molecule has 10 nitrogen and oxygen atoms in total. The van der Waals surface area contributed by atoms with Crippen molar-refractivity contribution < 1.29 is 38.8 Å². The van der Waals surface area contributed by atoms with Gasteiger partial charge in [-0.1, -0.05) is 11.6 Å². The minimum absolute atomic E-state index is 0.0407. The fourth-order valence-electron chi connectivity index (χ4n) is 4.81. The second kappa shape index (κ2) is 8.13. The molecule has 0 aliphatic carbocycles. The molecule has 1 aliphatic heterocycles. The smallest absolute Gasteiger partial charge is 0.312 e. The molecular weight excluding hydrogens is 496 g/mol. The SMILES string of the molecule is Cc1ccc2occ([C@H]3CC(=O)Oc4cc(O)c5c(=O)c(O)c(-c6ccc(O)c(O)c6)oc5c43)c(=O)c2c1. The van der Waals surface area contributed by atoms with Gasteiger partial charge in [0, 0.05) is 28.7 Å². The zero-order valence-corrected chi connectivity index (χ0v) is 19.6. The summed E-state index contributed by atoms with van der Waals surface area (Å²) >= 11 is 0. The van der Waals surface area contributed by atoms with Crippen LogP contribution in [0.4, 0.5) is 0 Å². The summed E-state index contributed by atoms with van der Waals surface area (Å²) in [5.41, 5.74) is -0.179. The van der Waals surface area contributed by atoms with E-state index in [4.69, 9.17) is 13.6 Å². The van der Waals surface area contributed by atoms with Gasteiger partial charge in [-0.25, -0.2) is 0 Å². The van der Waals surface area contributed by atoms with E-state index in [2.05, 4.69) is 0 Å². The number of rotatable bonds is 2. The molecule has 38 heavy (non-hydrogen) atoms. The van der Waals surface area contributed by atoms with E-state index < -0.39 is 51.1 Å². The van der Waals surface area contributed by atoms with Gasteiger partial charge < -0.3 is 34.0 Å². The summed E-state index contributed by atoms with van der Waals surface area (Å²) in [4.78, 5) is 39.3. The third-order valence-corrected chi connectivity index (χ3v) is 6.63. The first-order valence-corrected chi connectivity index (χ1v) is 11.4. The second-order valence-corrected chi connectivity index (χ2v) is 9.07. The maximum atomic E-state index is 13.5. The average Bonchev–Trinajstić information content (AvgIpc) is 2.87. The van der Waals surface area contributed by atoms with Crippen LogP contribution in [0.15, 0.2) is 67.2 Å². The van der Waals surface area contributed by atoms with E-state index in [0.29, 0.717) is 11.0 Å². The minimum Gasteiger partial charge on any atom is -0.507 e. The van der Waals surface area contributed by atoms with Crippen LogP contribution in [0.1, 0.15) is 29.0 Å². The third kappa shape index (κ3) is 3.38. The van der Waals surface area contributed by atoms with Crippen LogP contribution >= 0.6 is 0 Å². The van der Waals surface area contributed by atoms with Gasteiger partial charge in [0.1, 0.15) is 28.1 Å². The number of fused-ring (bicyclic) bond motifs is 4. The van der Waals surface area contributed by atoms with Gasteiger partial charge in [-0.3, -0.25) is 14.4 Å². The van der Waals surface area contributed by atoms with E-state index in [1.165, 1.54) is 12.3 Å². The van der Waals surface area contributed by atoms with Crippen molar-refractivity contribution >= 4 is 27.9 Å². The molecule has 10 heteroatoms. The number of hydrogen-bond acceptors (Lipinski definition) is 10. The Labute approximate surface area is 212 Å². The lowest BCUT2D eigenvalue weighted by Crippen LogP contribution is -2.25. The van der Waals surface area contributed by atoms with Crippen LogP contribution in [0.5, 0.6) is 28.7 Å². The molecule has 5 aromatic rings. The van der Waals surface area contributed by atoms with Crippen LogP contribution in [-0.4, -0.2) is 26.4 Å². The molecule has 4 N–H and O–H groups in total. The summed E-state index contributed by atoms with van der Waals surface area (Å²) in [6.45, 7) is 1.82. The highest BCUT2D eigenvalue weighted by atomic mass is 16.5. The molecule has 0 spiro atoms. The number of ether oxygens (including phenoxy) is 1. The van der Waals surface area contributed by atoms with Crippen molar-refractivity contribution in [2.45, 2.75) is 19.3 Å². The van der Waals surface area contributed by atoms with Gasteiger partial charge in [-0.15, -0.1) is 0 Å². The number of phenols is 3. The van der Waals surface area contributed by atoms with Gasteiger partial charge in [0.05, 0.1) is 18.1 Å². The van der Waals surface area contributed by atoms with Gasteiger partial charge in [-0.2, -0.15) is 0 Å². The van der Waals surface area contributed by atoms with Gasteiger partial charge in [0.2, 0.25) is 11.2 Å². The molecular formula is C28H18O10. The Balaban J connectivity index is 1.69. The number of carbonyl (C=O) groups is 1. The fraction of sp³-hybridized carbons (Fsp3) is 0.107. The lowest BCUT2D eigenvalue weighted by molar-refractivity contribution is -0.135. The molecule has 0 radical (unpaired) electrons. The molecule has 0 unspecified atom stereocenters. The van der Waals surface area contributed by atoms with Crippen molar-refractivity contribution in [1.82, 2.24) is 0 Å². The molecule has 0 saturated heterocycles. The van der Waals surface area contributed by atoms with Crippen molar-refractivity contribution in [3.05, 3.63) is 85.9 Å². The first-order chi connectivity index (χ1) is 18.1. The lowest BCUT2D eigenvalue weighted by Gasteiger charge is -2.25. The molecule has 0 saturated carbocycles. The van der Waals surface area contributed by atoms with Crippen LogP contribution in [0.25, 0.3) is 33.3 Å². The number of phenolic OH excluding ortho intramolecular Hbond substituents is 3. The zero-order valence-electron chi connectivity index (χ0n) is 19.6. The Morgan fingerprint density at radius 3 is 2.42 bits per heavy atom. The molecule has 2 aromatic heterocycles. The predicted octanol–water partition coefficient (Wildman–Crippen LogP) is 4.14.